The van der Waals surface area contributed by atoms with Crippen molar-refractivity contribution in [1.29, 1.82) is 0 Å². The third kappa shape index (κ3) is 1.22. The van der Waals surface area contributed by atoms with E-state index >= 15 is 0 Å². The van der Waals surface area contributed by atoms with Crippen LogP contribution in [0.2, 0.25) is 0 Å². The highest BCUT2D eigenvalue weighted by atomic mass is 16.5. The molecule has 2 aromatic rings. The normalized spacial score (nSPS) is 15.6. The lowest BCUT2D eigenvalue weighted by molar-refractivity contribution is 0.345. The van der Waals surface area contributed by atoms with Crippen molar-refractivity contribution in [2.75, 3.05) is 12.3 Å². The maximum atomic E-state index is 6.08. The van der Waals surface area contributed by atoms with E-state index in [-0.39, 0.29) is 0 Å². The second-order valence-corrected chi connectivity index (χ2v) is 4.89. The number of nitrogens with two attached hydrogens (primary N) is 1. The minimum atomic E-state index is 0.639. The molecule has 1 aromatic heterocycles. The second-order valence-electron chi connectivity index (χ2n) is 4.89. The number of aryl methyl sites for hydroxylation is 1. The van der Waals surface area contributed by atoms with E-state index in [0.717, 1.165) is 31.7 Å². The van der Waals surface area contributed by atoms with Crippen molar-refractivity contribution in [3.63, 3.8) is 0 Å². The van der Waals surface area contributed by atoms with Crippen molar-refractivity contribution in [2.24, 2.45) is 0 Å². The number of pyridine rings is 1. The second kappa shape index (κ2) is 3.48. The van der Waals surface area contributed by atoms with Crippen molar-refractivity contribution in [2.45, 2.75) is 19.3 Å². The fourth-order valence-electron chi connectivity index (χ4n) is 3.08. The monoisotopic (exact) mass is 238 g/mol. The molecule has 0 saturated heterocycles. The van der Waals surface area contributed by atoms with Gasteiger partial charge in [0.1, 0.15) is 5.82 Å². The molecule has 4 rings (SSSR count). The Labute approximate surface area is 106 Å². The molecular weight excluding hydrogens is 224 g/mol. The Morgan fingerprint density at radius 3 is 2.89 bits per heavy atom. The molecule has 3 heteroatoms. The molecule has 0 spiro atoms. The van der Waals surface area contributed by atoms with E-state index in [4.69, 9.17) is 10.5 Å². The zero-order chi connectivity index (χ0) is 12.1. The number of anilines is 1. The Bertz CT molecular complexity index is 645. The molecule has 1 aliphatic heterocycles. The first-order chi connectivity index (χ1) is 8.84. The van der Waals surface area contributed by atoms with Crippen molar-refractivity contribution >= 4 is 5.82 Å². The molecule has 0 amide bonds. The molecule has 2 heterocycles. The van der Waals surface area contributed by atoms with Gasteiger partial charge in [0.2, 0.25) is 5.88 Å². The third-order valence-electron chi connectivity index (χ3n) is 3.91. The van der Waals surface area contributed by atoms with Crippen LogP contribution in [0.25, 0.3) is 11.1 Å². The van der Waals surface area contributed by atoms with Crippen molar-refractivity contribution in [3.8, 4) is 17.0 Å². The molecule has 0 bridgehead atoms. The first-order valence-corrected chi connectivity index (χ1v) is 6.37. The fourth-order valence-corrected chi connectivity index (χ4v) is 3.08. The summed E-state index contributed by atoms with van der Waals surface area (Å²) < 4.78 is 5.57. The van der Waals surface area contributed by atoms with E-state index in [1.807, 2.05) is 0 Å². The van der Waals surface area contributed by atoms with Crippen LogP contribution in [0.3, 0.4) is 0 Å². The first kappa shape index (κ1) is 9.95. The Morgan fingerprint density at radius 2 is 1.94 bits per heavy atom. The molecule has 0 unspecified atom stereocenters. The highest BCUT2D eigenvalue weighted by Gasteiger charge is 2.27. The molecule has 0 fully saturated rings. The van der Waals surface area contributed by atoms with Gasteiger partial charge in [0.15, 0.2) is 0 Å². The smallest absolute Gasteiger partial charge is 0.219 e. The van der Waals surface area contributed by atoms with Gasteiger partial charge in [-0.05, 0) is 29.5 Å². The van der Waals surface area contributed by atoms with Crippen molar-refractivity contribution in [3.05, 3.63) is 41.0 Å². The van der Waals surface area contributed by atoms with Crippen molar-refractivity contribution < 1.29 is 4.74 Å². The van der Waals surface area contributed by atoms with E-state index in [0.29, 0.717) is 5.82 Å². The summed E-state index contributed by atoms with van der Waals surface area (Å²) in [6.07, 6.45) is 2.98. The van der Waals surface area contributed by atoms with Gasteiger partial charge in [0, 0.05) is 17.5 Å². The van der Waals surface area contributed by atoms with Crippen LogP contribution in [-0.4, -0.2) is 11.6 Å². The summed E-state index contributed by atoms with van der Waals surface area (Å²) in [5.41, 5.74) is 12.5. The number of hydrogen-bond acceptors (Lipinski definition) is 3. The lowest BCUT2D eigenvalue weighted by Gasteiger charge is -2.22. The number of nitrogens with zero attached hydrogens (tertiary/aromatic N) is 1. The Kier molecular flexibility index (Phi) is 1.92. The number of hydrogen-bond donors (Lipinski definition) is 1. The highest BCUT2D eigenvalue weighted by Crippen LogP contribution is 2.43. The molecule has 0 radical (unpaired) electrons. The fraction of sp³-hybridized carbons (Fsp3) is 0.267. The summed E-state index contributed by atoms with van der Waals surface area (Å²) in [6.45, 7) is 0.723. The minimum absolute atomic E-state index is 0.639. The average Bonchev–Trinajstić information content (AvgIpc) is 2.86. The Hall–Kier alpha value is -2.03. The molecule has 1 aromatic carbocycles. The Balaban J connectivity index is 2.08. The van der Waals surface area contributed by atoms with Crippen LogP contribution in [0.1, 0.15) is 16.7 Å². The number of rotatable bonds is 0. The van der Waals surface area contributed by atoms with E-state index in [9.17, 15) is 0 Å². The van der Waals surface area contributed by atoms with E-state index < -0.39 is 0 Å². The Morgan fingerprint density at radius 1 is 1.06 bits per heavy atom. The van der Waals surface area contributed by atoms with Gasteiger partial charge >= 0.3 is 0 Å². The molecule has 0 atom stereocenters. The number of ether oxygens (including phenoxy) is 1. The van der Waals surface area contributed by atoms with E-state index in [2.05, 4.69) is 29.2 Å². The maximum absolute atomic E-state index is 6.08. The largest absolute Gasteiger partial charge is 0.477 e. The van der Waals surface area contributed by atoms with Gasteiger partial charge < -0.3 is 10.5 Å². The molecule has 18 heavy (non-hydrogen) atoms. The molecule has 0 saturated carbocycles. The van der Waals surface area contributed by atoms with E-state index in [1.54, 1.807) is 0 Å². The quantitative estimate of drug-likeness (QED) is 0.766. The van der Waals surface area contributed by atoms with Crippen LogP contribution in [0.15, 0.2) is 24.3 Å². The number of benzene rings is 1. The standard InChI is InChI=1S/C15H14N2O/c16-14-11-6-5-9-3-1-2-4-10(9)13(11)12-7-8-18-15(12)17-14/h1-4H,5-8H2,(H2,16,17). The molecular formula is C15H14N2O. The lowest BCUT2D eigenvalue weighted by Crippen LogP contribution is -2.10. The topological polar surface area (TPSA) is 48.1 Å². The minimum Gasteiger partial charge on any atom is -0.477 e. The number of fused-ring (bicyclic) bond motifs is 5. The zero-order valence-corrected chi connectivity index (χ0v) is 10.1. The van der Waals surface area contributed by atoms with Crippen LogP contribution in [0, 0.1) is 0 Å². The highest BCUT2D eigenvalue weighted by molar-refractivity contribution is 5.81. The van der Waals surface area contributed by atoms with Gasteiger partial charge in [-0.2, -0.15) is 4.98 Å². The molecule has 3 nitrogen and oxygen atoms in total. The predicted molar refractivity (Wildman–Crippen MR) is 70.7 cm³/mol. The summed E-state index contributed by atoms with van der Waals surface area (Å²) in [6, 6.07) is 8.58. The maximum Gasteiger partial charge on any atom is 0.219 e. The molecule has 2 aliphatic rings. The van der Waals surface area contributed by atoms with Crippen LogP contribution < -0.4 is 10.5 Å². The van der Waals surface area contributed by atoms with Crippen LogP contribution in [0.5, 0.6) is 5.88 Å². The summed E-state index contributed by atoms with van der Waals surface area (Å²) in [4.78, 5) is 4.40. The summed E-state index contributed by atoms with van der Waals surface area (Å²) in [5.74, 6) is 1.38. The first-order valence-electron chi connectivity index (χ1n) is 6.37. The molecule has 90 valence electrons. The number of aromatic nitrogens is 1. The van der Waals surface area contributed by atoms with E-state index in [1.165, 1.54) is 27.8 Å². The van der Waals surface area contributed by atoms with Gasteiger partial charge in [0.25, 0.3) is 0 Å². The average molecular weight is 238 g/mol. The summed E-state index contributed by atoms with van der Waals surface area (Å²) in [7, 11) is 0. The van der Waals surface area contributed by atoms with Gasteiger partial charge in [-0.25, -0.2) is 0 Å². The number of nitrogen functional groups attached to an aromatic ring is 1. The third-order valence-corrected chi connectivity index (χ3v) is 3.91. The molecule has 2 N–H and O–H groups in total. The van der Waals surface area contributed by atoms with Gasteiger partial charge in [-0.3, -0.25) is 0 Å². The van der Waals surface area contributed by atoms with Crippen molar-refractivity contribution in [1.82, 2.24) is 4.98 Å². The van der Waals surface area contributed by atoms with Gasteiger partial charge in [-0.1, -0.05) is 24.3 Å². The van der Waals surface area contributed by atoms with Gasteiger partial charge in [-0.15, -0.1) is 0 Å². The summed E-state index contributed by atoms with van der Waals surface area (Å²) in [5, 5.41) is 0. The lowest BCUT2D eigenvalue weighted by atomic mass is 9.83. The van der Waals surface area contributed by atoms with Gasteiger partial charge in [0.05, 0.1) is 6.61 Å². The SMILES string of the molecule is Nc1nc2c(c3c1CCc1ccccc1-3)CCO2. The van der Waals surface area contributed by atoms with Crippen LogP contribution in [-0.2, 0) is 19.3 Å². The summed E-state index contributed by atoms with van der Waals surface area (Å²) >= 11 is 0. The predicted octanol–water partition coefficient (Wildman–Crippen LogP) is 2.36. The molecule has 1 aliphatic carbocycles. The zero-order valence-electron chi connectivity index (χ0n) is 10.1. The van der Waals surface area contributed by atoms with Crippen LogP contribution >= 0.6 is 0 Å². The van der Waals surface area contributed by atoms with Crippen LogP contribution in [0.4, 0.5) is 5.82 Å².